The zero-order valence-electron chi connectivity index (χ0n) is 14.6. The van der Waals surface area contributed by atoms with Gasteiger partial charge in [-0.2, -0.15) is 0 Å². The summed E-state index contributed by atoms with van der Waals surface area (Å²) >= 11 is 0. The third kappa shape index (κ3) is 3.20. The molecule has 1 heterocycles. The van der Waals surface area contributed by atoms with Crippen LogP contribution >= 0.6 is 0 Å². The second-order valence-electron chi connectivity index (χ2n) is 7.38. The maximum absolute atomic E-state index is 12.9. The Hall–Kier alpha value is -3.09. The van der Waals surface area contributed by atoms with Gasteiger partial charge in [0.1, 0.15) is 11.6 Å². The molecule has 7 nitrogen and oxygen atoms in total. The van der Waals surface area contributed by atoms with Crippen molar-refractivity contribution in [2.24, 2.45) is 5.41 Å². The summed E-state index contributed by atoms with van der Waals surface area (Å²) in [5, 5.41) is 10.6. The van der Waals surface area contributed by atoms with E-state index in [0.717, 1.165) is 0 Å². The van der Waals surface area contributed by atoms with Gasteiger partial charge in [0.05, 0.1) is 5.56 Å². The predicted molar refractivity (Wildman–Crippen MR) is 98.1 cm³/mol. The van der Waals surface area contributed by atoms with E-state index in [1.165, 1.54) is 0 Å². The highest BCUT2D eigenvalue weighted by molar-refractivity contribution is 5.99. The summed E-state index contributed by atoms with van der Waals surface area (Å²) in [4.78, 5) is 41.4. The van der Waals surface area contributed by atoms with Crippen molar-refractivity contribution in [3.05, 3.63) is 73.6 Å². The molecule has 26 heavy (non-hydrogen) atoms. The van der Waals surface area contributed by atoms with Crippen LogP contribution in [0.25, 0.3) is 0 Å². The normalized spacial score (nSPS) is 18.0. The van der Waals surface area contributed by atoms with Crippen LogP contribution in [0.3, 0.4) is 0 Å². The number of benzene rings is 1. The Labute approximate surface area is 149 Å². The number of Topliss-reactive ketones (excluding diaryl/α,β-unsaturated/α-hetero) is 1. The topological polar surface area (TPSA) is 129 Å². The van der Waals surface area contributed by atoms with E-state index in [2.05, 4.69) is 9.97 Å². The van der Waals surface area contributed by atoms with E-state index in [-0.39, 0.29) is 40.3 Å². The maximum atomic E-state index is 12.9. The summed E-state index contributed by atoms with van der Waals surface area (Å²) in [7, 11) is 0. The third-order valence-electron chi connectivity index (χ3n) is 4.62. The smallest absolute Gasteiger partial charge is 0.327 e. The van der Waals surface area contributed by atoms with Gasteiger partial charge < -0.3 is 10.8 Å². The second-order valence-corrected chi connectivity index (χ2v) is 7.38. The number of aromatic nitrogens is 2. The number of rotatable bonds is 3. The van der Waals surface area contributed by atoms with Crippen molar-refractivity contribution in [2.75, 3.05) is 5.73 Å². The molecule has 1 atom stereocenters. The summed E-state index contributed by atoms with van der Waals surface area (Å²) in [6.07, 6.45) is 0.565. The molecule has 0 aliphatic heterocycles. The quantitative estimate of drug-likeness (QED) is 0.669. The molecule has 1 aliphatic rings. The first-order valence-electron chi connectivity index (χ1n) is 8.32. The van der Waals surface area contributed by atoms with Crippen LogP contribution in [-0.4, -0.2) is 20.9 Å². The van der Waals surface area contributed by atoms with Crippen LogP contribution in [0.1, 0.15) is 43.7 Å². The summed E-state index contributed by atoms with van der Waals surface area (Å²) in [6.45, 7) is 3.80. The van der Waals surface area contributed by atoms with Gasteiger partial charge in [-0.15, -0.1) is 0 Å². The summed E-state index contributed by atoms with van der Waals surface area (Å²) in [5.74, 6) is -1.27. The van der Waals surface area contributed by atoms with Gasteiger partial charge in [-0.05, 0) is 11.0 Å². The molecule has 7 heteroatoms. The first-order valence-corrected chi connectivity index (χ1v) is 8.32. The Balaban J connectivity index is 2.30. The minimum absolute atomic E-state index is 0.0467. The number of allylic oxidation sites excluding steroid dienone is 2. The van der Waals surface area contributed by atoms with Crippen LogP contribution in [-0.2, 0) is 4.79 Å². The highest BCUT2D eigenvalue weighted by Gasteiger charge is 2.39. The molecule has 0 saturated carbocycles. The average Bonchev–Trinajstić information content (AvgIpc) is 2.51. The van der Waals surface area contributed by atoms with Crippen LogP contribution < -0.4 is 17.0 Å². The molecule has 3 rings (SSSR count). The fourth-order valence-electron chi connectivity index (χ4n) is 3.55. The van der Waals surface area contributed by atoms with E-state index in [1.807, 2.05) is 13.8 Å². The van der Waals surface area contributed by atoms with Gasteiger partial charge in [0.2, 0.25) is 0 Å². The van der Waals surface area contributed by atoms with E-state index >= 15 is 0 Å². The predicted octanol–water partition coefficient (Wildman–Crippen LogP) is 1.98. The van der Waals surface area contributed by atoms with Crippen molar-refractivity contribution >= 4 is 11.6 Å². The van der Waals surface area contributed by atoms with E-state index in [1.54, 1.807) is 30.3 Å². The maximum Gasteiger partial charge on any atom is 0.327 e. The van der Waals surface area contributed by atoms with Crippen molar-refractivity contribution in [1.29, 1.82) is 0 Å². The van der Waals surface area contributed by atoms with Gasteiger partial charge >= 0.3 is 5.69 Å². The Bertz CT molecular complexity index is 999. The highest BCUT2D eigenvalue weighted by Crippen LogP contribution is 2.43. The van der Waals surface area contributed by atoms with Gasteiger partial charge in [-0.3, -0.25) is 19.6 Å². The standard InChI is InChI=1S/C19H21N3O4/c1-19(2)8-11(23)14(12(24)9-19)13(10-6-4-3-5-7-10)15-16(20)21-18(26)22-17(15)25/h3-7,13,23H,8-9H2,1-2H3,(H4,20,21,22,25,26). The molecular formula is C19H21N3O4. The Morgan fingerprint density at radius 3 is 2.31 bits per heavy atom. The fourth-order valence-corrected chi connectivity index (χ4v) is 3.55. The summed E-state index contributed by atoms with van der Waals surface area (Å²) in [6, 6.07) is 8.85. The van der Waals surface area contributed by atoms with E-state index in [0.29, 0.717) is 12.0 Å². The number of nitrogens with two attached hydrogens (primary N) is 1. The number of aromatic amines is 2. The monoisotopic (exact) mass is 355 g/mol. The molecule has 1 aliphatic carbocycles. The number of H-pyrrole nitrogens is 2. The zero-order valence-corrected chi connectivity index (χ0v) is 14.6. The van der Waals surface area contributed by atoms with Crippen LogP contribution in [0.4, 0.5) is 5.82 Å². The lowest BCUT2D eigenvalue weighted by atomic mass is 9.71. The molecule has 0 amide bonds. The summed E-state index contributed by atoms with van der Waals surface area (Å²) in [5.41, 5.74) is 4.98. The van der Waals surface area contributed by atoms with Gasteiger partial charge in [0.15, 0.2) is 5.78 Å². The lowest BCUT2D eigenvalue weighted by molar-refractivity contribution is -0.118. The minimum atomic E-state index is -0.861. The number of hydrogen-bond acceptors (Lipinski definition) is 5. The second kappa shape index (κ2) is 6.33. The van der Waals surface area contributed by atoms with Gasteiger partial charge in [-0.25, -0.2) is 4.79 Å². The molecule has 136 valence electrons. The molecular weight excluding hydrogens is 334 g/mol. The summed E-state index contributed by atoms with van der Waals surface area (Å²) < 4.78 is 0. The van der Waals surface area contributed by atoms with Gasteiger partial charge in [0.25, 0.3) is 5.56 Å². The van der Waals surface area contributed by atoms with Crippen molar-refractivity contribution in [3.63, 3.8) is 0 Å². The largest absolute Gasteiger partial charge is 0.512 e. The van der Waals surface area contributed by atoms with E-state index in [9.17, 15) is 19.5 Å². The van der Waals surface area contributed by atoms with Crippen molar-refractivity contribution in [3.8, 4) is 0 Å². The van der Waals surface area contributed by atoms with Crippen molar-refractivity contribution < 1.29 is 9.90 Å². The van der Waals surface area contributed by atoms with E-state index < -0.39 is 17.2 Å². The molecule has 1 aromatic heterocycles. The Kier molecular flexibility index (Phi) is 4.31. The Morgan fingerprint density at radius 2 is 1.73 bits per heavy atom. The molecule has 0 radical (unpaired) electrons. The van der Waals surface area contributed by atoms with Crippen LogP contribution in [0, 0.1) is 5.41 Å². The lowest BCUT2D eigenvalue weighted by Crippen LogP contribution is -2.34. The molecule has 0 bridgehead atoms. The SMILES string of the molecule is CC1(C)CC(=O)C(C(c2ccccc2)c2c(N)[nH]c(=O)[nH]c2=O)=C(O)C1. The van der Waals surface area contributed by atoms with Gasteiger partial charge in [-0.1, -0.05) is 44.2 Å². The fraction of sp³-hybridized carbons (Fsp3) is 0.316. The highest BCUT2D eigenvalue weighted by atomic mass is 16.3. The number of carbonyl (C=O) groups is 1. The molecule has 1 aromatic carbocycles. The molecule has 5 N–H and O–H groups in total. The number of hydrogen-bond donors (Lipinski definition) is 4. The lowest BCUT2D eigenvalue weighted by Gasteiger charge is -2.32. The zero-order chi connectivity index (χ0) is 19.1. The van der Waals surface area contributed by atoms with Crippen molar-refractivity contribution in [2.45, 2.75) is 32.6 Å². The van der Waals surface area contributed by atoms with Crippen LogP contribution in [0.2, 0.25) is 0 Å². The number of nitrogen functional groups attached to an aromatic ring is 1. The number of nitrogens with one attached hydrogen (secondary N) is 2. The molecule has 2 aromatic rings. The number of aliphatic hydroxyl groups excluding tert-OH is 1. The number of carbonyl (C=O) groups excluding carboxylic acids is 1. The van der Waals surface area contributed by atoms with Crippen LogP contribution in [0.15, 0.2) is 51.3 Å². The van der Waals surface area contributed by atoms with Crippen LogP contribution in [0.5, 0.6) is 0 Å². The van der Waals surface area contributed by atoms with E-state index in [4.69, 9.17) is 5.73 Å². The number of anilines is 1. The molecule has 1 unspecified atom stereocenters. The third-order valence-corrected chi connectivity index (χ3v) is 4.62. The number of aliphatic hydroxyl groups is 1. The first kappa shape index (κ1) is 17.7. The Morgan fingerprint density at radius 1 is 1.08 bits per heavy atom. The number of ketones is 1. The molecule has 0 saturated heterocycles. The van der Waals surface area contributed by atoms with Crippen molar-refractivity contribution in [1.82, 2.24) is 9.97 Å². The molecule has 0 fully saturated rings. The first-order chi connectivity index (χ1) is 12.2. The minimum Gasteiger partial charge on any atom is -0.512 e. The van der Waals surface area contributed by atoms with Gasteiger partial charge in [0, 0.05) is 24.3 Å². The molecule has 0 spiro atoms. The average molecular weight is 355 g/mol.